The Labute approximate surface area is 243 Å². The van der Waals surface area contributed by atoms with E-state index in [0.717, 1.165) is 44.1 Å². The number of carbonyl (C=O) groups is 1. The standard InChI is InChI=1S/C32H37F5O5/c1-4-6-7-8-9-10-11-12-17-40-23-13-14-26(41-20-22(3)15-18-39-16-5-2)24(19-23)32(38)42-21-25-27(33)29(35)31(37)30(36)28(25)34/h4-6,13-15,19H,2,7-12,16-18,20-21H2,1,3H3/b6-4-,22-15+. The molecule has 0 N–H and O–H groups in total. The Morgan fingerprint density at radius 1 is 0.881 bits per heavy atom. The molecule has 0 heterocycles. The Kier molecular flexibility index (Phi) is 15.4. The molecule has 0 bridgehead atoms. The highest BCUT2D eigenvalue weighted by Crippen LogP contribution is 2.28. The van der Waals surface area contributed by atoms with E-state index < -0.39 is 47.2 Å². The molecule has 0 spiro atoms. The van der Waals surface area contributed by atoms with Crippen molar-refractivity contribution in [2.45, 2.75) is 59.0 Å². The van der Waals surface area contributed by atoms with Gasteiger partial charge >= 0.3 is 5.97 Å². The van der Waals surface area contributed by atoms with Crippen molar-refractivity contribution in [2.24, 2.45) is 0 Å². The second-order valence-corrected chi connectivity index (χ2v) is 9.42. The maximum Gasteiger partial charge on any atom is 0.342 e. The van der Waals surface area contributed by atoms with Crippen molar-refractivity contribution < 1.29 is 45.7 Å². The summed E-state index contributed by atoms with van der Waals surface area (Å²) in [5.74, 6) is -11.4. The second kappa shape index (κ2) is 18.7. The quantitative estimate of drug-likeness (QED) is 0.0406. The normalized spacial score (nSPS) is 11.6. The van der Waals surface area contributed by atoms with Crippen molar-refractivity contribution in [3.05, 3.63) is 94.9 Å². The van der Waals surface area contributed by atoms with Crippen LogP contribution in [0.5, 0.6) is 11.5 Å². The number of carbonyl (C=O) groups excluding carboxylic acids is 1. The molecule has 42 heavy (non-hydrogen) atoms. The minimum absolute atomic E-state index is 0.0730. The Bertz CT molecular complexity index is 1210. The van der Waals surface area contributed by atoms with Gasteiger partial charge in [-0.3, -0.25) is 0 Å². The number of unbranched alkanes of at least 4 members (excludes halogenated alkanes) is 5. The monoisotopic (exact) mass is 596 g/mol. The maximum atomic E-state index is 14.1. The lowest BCUT2D eigenvalue weighted by Gasteiger charge is -2.15. The molecule has 0 atom stereocenters. The first-order chi connectivity index (χ1) is 20.2. The number of rotatable bonds is 19. The SMILES string of the molecule is C=CCOC/C=C(\C)COc1ccc(OCCCCCCC/C=C\C)cc1C(=O)OCc1c(F)c(F)c(F)c(F)c1F. The van der Waals surface area contributed by atoms with E-state index in [2.05, 4.69) is 12.7 Å². The average molecular weight is 597 g/mol. The molecule has 0 aliphatic rings. The van der Waals surface area contributed by atoms with Gasteiger partial charge in [0.1, 0.15) is 30.3 Å². The predicted octanol–water partition coefficient (Wildman–Crippen LogP) is 8.56. The van der Waals surface area contributed by atoms with Crippen molar-refractivity contribution >= 4 is 5.97 Å². The van der Waals surface area contributed by atoms with Gasteiger partial charge in [-0.05, 0) is 56.9 Å². The van der Waals surface area contributed by atoms with E-state index in [1.54, 1.807) is 25.1 Å². The number of benzene rings is 2. The summed E-state index contributed by atoms with van der Waals surface area (Å²) in [6, 6.07) is 4.42. The van der Waals surface area contributed by atoms with Crippen molar-refractivity contribution in [2.75, 3.05) is 26.4 Å². The summed E-state index contributed by atoms with van der Waals surface area (Å²) >= 11 is 0. The zero-order valence-corrected chi connectivity index (χ0v) is 24.0. The maximum absolute atomic E-state index is 14.1. The molecule has 0 unspecified atom stereocenters. The molecule has 0 aromatic heterocycles. The summed E-state index contributed by atoms with van der Waals surface area (Å²) in [5, 5.41) is 0. The lowest BCUT2D eigenvalue weighted by atomic mass is 10.1. The van der Waals surface area contributed by atoms with E-state index in [9.17, 15) is 26.7 Å². The molecule has 0 fully saturated rings. The molecule has 2 rings (SSSR count). The fourth-order valence-corrected chi connectivity index (χ4v) is 3.73. The van der Waals surface area contributed by atoms with Gasteiger partial charge in [-0.15, -0.1) is 6.58 Å². The van der Waals surface area contributed by atoms with Gasteiger partial charge < -0.3 is 18.9 Å². The van der Waals surface area contributed by atoms with Crippen molar-refractivity contribution in [3.8, 4) is 11.5 Å². The van der Waals surface area contributed by atoms with Gasteiger partial charge in [0, 0.05) is 0 Å². The van der Waals surface area contributed by atoms with Gasteiger partial charge in [0.05, 0.1) is 25.4 Å². The Morgan fingerprint density at radius 3 is 2.24 bits per heavy atom. The zero-order valence-electron chi connectivity index (χ0n) is 24.0. The summed E-state index contributed by atoms with van der Waals surface area (Å²) in [4.78, 5) is 12.9. The van der Waals surface area contributed by atoms with E-state index in [1.807, 2.05) is 13.0 Å². The van der Waals surface area contributed by atoms with E-state index >= 15 is 0 Å². The fraction of sp³-hybridized carbons (Fsp3) is 0.406. The van der Waals surface area contributed by atoms with Crippen LogP contribution >= 0.6 is 0 Å². The van der Waals surface area contributed by atoms with Crippen LogP contribution in [0, 0.1) is 29.1 Å². The molecule has 2 aromatic rings. The zero-order chi connectivity index (χ0) is 30.9. The van der Waals surface area contributed by atoms with E-state index in [-0.39, 0.29) is 17.9 Å². The van der Waals surface area contributed by atoms with E-state index in [1.165, 1.54) is 12.1 Å². The summed E-state index contributed by atoms with van der Waals surface area (Å²) < 4.78 is 90.5. The molecule has 0 saturated heterocycles. The Balaban J connectivity index is 2.11. The van der Waals surface area contributed by atoms with Crippen LogP contribution in [0.15, 0.2) is 54.7 Å². The molecule has 2 aromatic carbocycles. The third kappa shape index (κ3) is 11.0. The highest BCUT2D eigenvalue weighted by Gasteiger charge is 2.27. The highest BCUT2D eigenvalue weighted by molar-refractivity contribution is 5.93. The summed E-state index contributed by atoms with van der Waals surface area (Å²) in [7, 11) is 0. The van der Waals surface area contributed by atoms with E-state index in [4.69, 9.17) is 18.9 Å². The Morgan fingerprint density at radius 2 is 1.55 bits per heavy atom. The lowest BCUT2D eigenvalue weighted by Crippen LogP contribution is -2.13. The smallest absolute Gasteiger partial charge is 0.342 e. The van der Waals surface area contributed by atoms with Crippen LogP contribution in [0.2, 0.25) is 0 Å². The van der Waals surface area contributed by atoms with Crippen molar-refractivity contribution in [3.63, 3.8) is 0 Å². The molecule has 5 nitrogen and oxygen atoms in total. The fourth-order valence-electron chi connectivity index (χ4n) is 3.73. The molecule has 230 valence electrons. The van der Waals surface area contributed by atoms with Gasteiger partial charge in [-0.2, -0.15) is 0 Å². The summed E-state index contributed by atoms with van der Waals surface area (Å²) in [6.07, 6.45) is 13.7. The second-order valence-electron chi connectivity index (χ2n) is 9.42. The van der Waals surface area contributed by atoms with Gasteiger partial charge in [0.2, 0.25) is 5.82 Å². The van der Waals surface area contributed by atoms with Crippen LogP contribution < -0.4 is 9.47 Å². The molecule has 0 saturated carbocycles. The Hall–Kier alpha value is -3.66. The minimum atomic E-state index is -2.30. The minimum Gasteiger partial charge on any atom is -0.494 e. The van der Waals surface area contributed by atoms with Gasteiger partial charge in [0.25, 0.3) is 0 Å². The van der Waals surface area contributed by atoms with Crippen LogP contribution in [0.25, 0.3) is 0 Å². The molecule has 0 aliphatic heterocycles. The summed E-state index contributed by atoms with van der Waals surface area (Å²) in [6.45, 7) is 7.32. The first-order valence-corrected chi connectivity index (χ1v) is 13.7. The predicted molar refractivity (Wildman–Crippen MR) is 150 cm³/mol. The van der Waals surface area contributed by atoms with Crippen LogP contribution in [-0.4, -0.2) is 32.4 Å². The van der Waals surface area contributed by atoms with Crippen molar-refractivity contribution in [1.82, 2.24) is 0 Å². The van der Waals surface area contributed by atoms with Gasteiger partial charge in [0.15, 0.2) is 23.3 Å². The molecule has 0 aliphatic carbocycles. The first kappa shape index (κ1) is 34.5. The first-order valence-electron chi connectivity index (χ1n) is 13.7. The number of hydrogen-bond acceptors (Lipinski definition) is 5. The molecular weight excluding hydrogens is 559 g/mol. The molecular formula is C32H37F5O5. The van der Waals surface area contributed by atoms with Crippen LogP contribution in [0.1, 0.15) is 68.3 Å². The van der Waals surface area contributed by atoms with E-state index in [0.29, 0.717) is 25.6 Å². The summed E-state index contributed by atoms with van der Waals surface area (Å²) in [5.41, 5.74) is -0.625. The molecule has 10 heteroatoms. The number of hydrogen-bond donors (Lipinski definition) is 0. The lowest BCUT2D eigenvalue weighted by molar-refractivity contribution is 0.0457. The van der Waals surface area contributed by atoms with Gasteiger partial charge in [-0.1, -0.05) is 43.6 Å². The third-order valence-electron chi connectivity index (χ3n) is 6.08. The highest BCUT2D eigenvalue weighted by atomic mass is 19.2. The topological polar surface area (TPSA) is 54.0 Å². The van der Waals surface area contributed by atoms with Crippen molar-refractivity contribution in [1.29, 1.82) is 0 Å². The number of esters is 1. The number of halogens is 5. The largest absolute Gasteiger partial charge is 0.494 e. The van der Waals surface area contributed by atoms with Gasteiger partial charge in [-0.25, -0.2) is 26.7 Å². The number of allylic oxidation sites excluding steroid dienone is 2. The molecule has 0 radical (unpaired) electrons. The van der Waals surface area contributed by atoms with Crippen LogP contribution in [0.3, 0.4) is 0 Å². The van der Waals surface area contributed by atoms with Crippen LogP contribution in [0.4, 0.5) is 22.0 Å². The average Bonchev–Trinajstić information content (AvgIpc) is 2.99. The third-order valence-corrected chi connectivity index (χ3v) is 6.08. The number of ether oxygens (including phenoxy) is 4. The van der Waals surface area contributed by atoms with Crippen LogP contribution in [-0.2, 0) is 16.1 Å². The molecule has 0 amide bonds.